The molecule has 7 heterocycles. The first kappa shape index (κ1) is 59.4. The monoisotopic (exact) mass is 1380 g/mol. The van der Waals surface area contributed by atoms with E-state index >= 15 is 0 Å². The van der Waals surface area contributed by atoms with E-state index in [4.69, 9.17) is 19.9 Å². The molecule has 0 saturated heterocycles. The molecule has 0 amide bonds. The van der Waals surface area contributed by atoms with Crippen molar-refractivity contribution in [2.75, 3.05) is 0 Å². The zero-order chi connectivity index (χ0) is 70.0. The third-order valence-electron chi connectivity index (χ3n) is 22.2. The lowest BCUT2D eigenvalue weighted by atomic mass is 9.97. The van der Waals surface area contributed by atoms with E-state index in [1.807, 2.05) is 0 Å². The van der Waals surface area contributed by atoms with Gasteiger partial charge in [0.2, 0.25) is 11.9 Å². The van der Waals surface area contributed by atoms with Crippen LogP contribution in [0.2, 0.25) is 0 Å². The Labute approximate surface area is 616 Å². The highest BCUT2D eigenvalue weighted by molar-refractivity contribution is 7.26. The summed E-state index contributed by atoms with van der Waals surface area (Å²) in [5, 5.41) is 16.2. The van der Waals surface area contributed by atoms with Gasteiger partial charge in [-0.05, 0) is 165 Å². The summed E-state index contributed by atoms with van der Waals surface area (Å²) in [6.07, 6.45) is 0. The van der Waals surface area contributed by atoms with Gasteiger partial charge in [0.1, 0.15) is 0 Å². The summed E-state index contributed by atoms with van der Waals surface area (Å²) < 4.78 is 11.6. The topological polar surface area (TPSA) is 71.3 Å². The summed E-state index contributed by atoms with van der Waals surface area (Å²) >= 11 is 1.76. The van der Waals surface area contributed by atoms with Gasteiger partial charge in [-0.3, -0.25) is 9.13 Å². The lowest BCUT2D eigenvalue weighted by molar-refractivity contribution is 1.02. The molecular weight excluding hydrogens is 1320 g/mol. The highest BCUT2D eigenvalue weighted by Crippen LogP contribution is 2.46. The predicted molar refractivity (Wildman–Crippen MR) is 448 cm³/mol. The van der Waals surface area contributed by atoms with Crippen molar-refractivity contribution in [1.82, 2.24) is 38.2 Å². The van der Waals surface area contributed by atoms with Crippen LogP contribution in [-0.4, -0.2) is 38.2 Å². The van der Waals surface area contributed by atoms with Gasteiger partial charge in [-0.15, -0.1) is 11.3 Å². The molecule has 0 fully saturated rings. The van der Waals surface area contributed by atoms with Gasteiger partial charge in [-0.2, -0.15) is 0 Å². The summed E-state index contributed by atoms with van der Waals surface area (Å²) in [6, 6.07) is 128. The van der Waals surface area contributed by atoms with E-state index in [0.717, 1.165) is 159 Å². The summed E-state index contributed by atoms with van der Waals surface area (Å²) in [5.74, 6) is 1.28. The molecule has 7 aromatic heterocycles. The SMILES string of the molecule is c1ccc(-c2nc(-n3c4ccccc4c4cc(-c5ccc6c(c5)c5c7ccccc7ccc5n6-c5ccccc5)ccc43)nc3c2ccc2cc(-c4cccc(-n5c6ccccc6c6cc(-c7ccc8c(c7)c7ccccc7n8-c7nc(-c8ccccc8)c8sc9ccccc9c8n7)ccc65)c4)ccc23)cc1. The van der Waals surface area contributed by atoms with Crippen molar-refractivity contribution in [3.05, 3.63) is 352 Å². The molecule has 0 aliphatic rings. The third-order valence-corrected chi connectivity index (χ3v) is 23.3. The zero-order valence-electron chi connectivity index (χ0n) is 57.5. The second kappa shape index (κ2) is 23.2. The molecule has 8 nitrogen and oxygen atoms in total. The first-order chi connectivity index (χ1) is 53.0. The van der Waals surface area contributed by atoms with Crippen LogP contribution in [0.5, 0.6) is 0 Å². The Morgan fingerprint density at radius 2 is 0.617 bits per heavy atom. The van der Waals surface area contributed by atoms with Crippen molar-refractivity contribution in [1.29, 1.82) is 0 Å². The molecule has 496 valence electrons. The van der Waals surface area contributed by atoms with Gasteiger partial charge in [0.15, 0.2) is 0 Å². The summed E-state index contributed by atoms with van der Waals surface area (Å²) in [6.45, 7) is 0. The fraction of sp³-hybridized carbons (Fsp3) is 0. The highest BCUT2D eigenvalue weighted by atomic mass is 32.1. The fourth-order valence-electron chi connectivity index (χ4n) is 17.3. The Kier molecular flexibility index (Phi) is 12.9. The highest BCUT2D eigenvalue weighted by Gasteiger charge is 2.25. The Balaban J connectivity index is 0.617. The Bertz CT molecular complexity index is 7690. The number of nitrogens with zero attached hydrogens (tertiary/aromatic N) is 8. The molecular formula is C98H58N8S. The summed E-state index contributed by atoms with van der Waals surface area (Å²) in [4.78, 5) is 22.1. The molecule has 0 atom stereocenters. The Morgan fingerprint density at radius 3 is 1.25 bits per heavy atom. The molecule has 107 heavy (non-hydrogen) atoms. The Hall–Kier alpha value is -14.1. The molecule has 16 aromatic carbocycles. The van der Waals surface area contributed by atoms with E-state index in [2.05, 4.69) is 370 Å². The largest absolute Gasteiger partial charge is 0.309 e. The molecule has 0 N–H and O–H groups in total. The second-order valence-corrected chi connectivity index (χ2v) is 29.1. The van der Waals surface area contributed by atoms with Crippen LogP contribution in [0.25, 0.3) is 219 Å². The number of thiophene rings is 1. The van der Waals surface area contributed by atoms with E-state index in [1.54, 1.807) is 11.3 Å². The standard InChI is InChI=1S/C98H58N8S/c1-4-22-60(23-5-1)92-77-47-40-68-53-63(39-46-72(68)94(77)101-97(99-92)105-83-36-17-13-32-74(83)80-57-66(44-50-86(80)105)67-45-51-88-81(58-67)91-71-30-11-10-21-59(71)41-52-89(91)103(88)69-27-8-3-9-28-69)62-26-20-29-70(54-62)104-82-35-16-12-31-73(82)78-55-64(42-48-85(78)104)65-43-49-87-79(56-65)75-33-14-18-37-84(75)106(87)98-100-93(61-24-6-2-7-25-61)96-95(102-98)76-34-15-19-38-90(76)107-96/h1-58H. The van der Waals surface area contributed by atoms with Crippen LogP contribution in [0.4, 0.5) is 0 Å². The maximum atomic E-state index is 5.67. The third kappa shape index (κ3) is 9.08. The van der Waals surface area contributed by atoms with E-state index in [0.29, 0.717) is 11.9 Å². The maximum absolute atomic E-state index is 5.67. The molecule has 23 aromatic rings. The van der Waals surface area contributed by atoms with Crippen molar-refractivity contribution in [3.63, 3.8) is 0 Å². The number of aromatic nitrogens is 8. The summed E-state index contributed by atoms with van der Waals surface area (Å²) in [7, 11) is 0. The van der Waals surface area contributed by atoms with Crippen molar-refractivity contribution in [3.8, 4) is 79.2 Å². The van der Waals surface area contributed by atoms with Crippen LogP contribution in [0.1, 0.15) is 0 Å². The van der Waals surface area contributed by atoms with E-state index < -0.39 is 0 Å². The minimum atomic E-state index is 0.621. The van der Waals surface area contributed by atoms with Crippen LogP contribution >= 0.6 is 11.3 Å². The van der Waals surface area contributed by atoms with E-state index in [1.165, 1.54) is 48.1 Å². The number of para-hydroxylation sites is 4. The lowest BCUT2D eigenvalue weighted by Gasteiger charge is -2.14. The minimum Gasteiger partial charge on any atom is -0.309 e. The molecule has 0 bridgehead atoms. The smallest absolute Gasteiger partial charge is 0.235 e. The van der Waals surface area contributed by atoms with Crippen molar-refractivity contribution < 1.29 is 0 Å². The number of hydrogen-bond acceptors (Lipinski definition) is 5. The summed E-state index contributed by atoms with van der Waals surface area (Å²) in [5.41, 5.74) is 23.7. The molecule has 0 aliphatic carbocycles. The van der Waals surface area contributed by atoms with Gasteiger partial charge >= 0.3 is 0 Å². The van der Waals surface area contributed by atoms with Crippen LogP contribution in [0, 0.1) is 0 Å². The van der Waals surface area contributed by atoms with E-state index in [-0.39, 0.29) is 0 Å². The van der Waals surface area contributed by atoms with Crippen molar-refractivity contribution in [2.45, 2.75) is 0 Å². The first-order valence-electron chi connectivity index (χ1n) is 36.3. The van der Waals surface area contributed by atoms with Crippen molar-refractivity contribution in [2.24, 2.45) is 0 Å². The lowest BCUT2D eigenvalue weighted by Crippen LogP contribution is -2.03. The molecule has 0 spiro atoms. The molecule has 0 unspecified atom stereocenters. The van der Waals surface area contributed by atoms with Gasteiger partial charge in [0.05, 0.1) is 71.3 Å². The molecule has 0 aliphatic heterocycles. The van der Waals surface area contributed by atoms with E-state index in [9.17, 15) is 0 Å². The van der Waals surface area contributed by atoms with Crippen molar-refractivity contribution >= 4 is 151 Å². The number of rotatable bonds is 9. The molecule has 0 radical (unpaired) electrons. The normalized spacial score (nSPS) is 12.1. The quantitative estimate of drug-likeness (QED) is 0.135. The van der Waals surface area contributed by atoms with Gasteiger partial charge in [0, 0.05) is 86.5 Å². The van der Waals surface area contributed by atoms with Crippen LogP contribution in [0.15, 0.2) is 352 Å². The number of fused-ring (bicyclic) bond motifs is 20. The van der Waals surface area contributed by atoms with Gasteiger partial charge in [0.25, 0.3) is 0 Å². The fourth-order valence-corrected chi connectivity index (χ4v) is 18.4. The second-order valence-electron chi connectivity index (χ2n) is 28.0. The first-order valence-corrected chi connectivity index (χ1v) is 37.1. The minimum absolute atomic E-state index is 0.621. The average Bonchev–Trinajstić information content (AvgIpc) is 1.59. The zero-order valence-corrected chi connectivity index (χ0v) is 58.3. The van der Waals surface area contributed by atoms with Gasteiger partial charge in [-0.25, -0.2) is 19.9 Å². The maximum Gasteiger partial charge on any atom is 0.235 e. The number of hydrogen-bond donors (Lipinski definition) is 0. The van der Waals surface area contributed by atoms with Crippen LogP contribution in [-0.2, 0) is 0 Å². The van der Waals surface area contributed by atoms with Crippen LogP contribution < -0.4 is 0 Å². The predicted octanol–water partition coefficient (Wildman–Crippen LogP) is 25.8. The molecule has 23 rings (SSSR count). The number of benzene rings is 16. The van der Waals surface area contributed by atoms with Gasteiger partial charge in [-0.1, -0.05) is 237 Å². The Morgan fingerprint density at radius 1 is 0.206 bits per heavy atom. The van der Waals surface area contributed by atoms with Crippen LogP contribution in [0.3, 0.4) is 0 Å². The molecule has 0 saturated carbocycles. The van der Waals surface area contributed by atoms with Gasteiger partial charge < -0.3 is 9.13 Å². The molecule has 9 heteroatoms. The average molecular weight is 1380 g/mol.